The average molecular weight is 541 g/mol. The Hall–Kier alpha value is -4.98. The molecule has 0 aliphatic heterocycles. The highest BCUT2D eigenvalue weighted by Crippen LogP contribution is 2.29. The van der Waals surface area contributed by atoms with Gasteiger partial charge in [-0.1, -0.05) is 60.7 Å². The number of carbonyl (C=O) groups excluding carboxylic acids is 2. The molecule has 0 atom stereocenters. The number of nitrogens with zero attached hydrogens (tertiary/aromatic N) is 1. The molecule has 7 nitrogen and oxygen atoms in total. The van der Waals surface area contributed by atoms with Crippen LogP contribution in [0.1, 0.15) is 38.3 Å². The van der Waals surface area contributed by atoms with Crippen LogP contribution in [0.25, 0.3) is 11.1 Å². The van der Waals surface area contributed by atoms with Crippen molar-refractivity contribution in [3.8, 4) is 16.9 Å². The second kappa shape index (κ2) is 13.2. The number of halogens is 1. The fraction of sp³-hybridized carbons (Fsp3) is 0.156. The number of carbonyl (C=O) groups is 3. The van der Waals surface area contributed by atoms with Crippen LogP contribution < -0.4 is 10.1 Å². The van der Waals surface area contributed by atoms with Gasteiger partial charge in [-0.25, -0.2) is 4.39 Å². The van der Waals surface area contributed by atoms with E-state index in [-0.39, 0.29) is 43.7 Å². The van der Waals surface area contributed by atoms with Gasteiger partial charge in [-0.05, 0) is 58.7 Å². The van der Waals surface area contributed by atoms with E-state index >= 15 is 0 Å². The smallest absolute Gasteiger partial charge is 0.305 e. The van der Waals surface area contributed by atoms with Gasteiger partial charge in [0.1, 0.15) is 11.6 Å². The molecule has 4 rings (SSSR count). The van der Waals surface area contributed by atoms with Crippen LogP contribution in [0.5, 0.6) is 5.75 Å². The summed E-state index contributed by atoms with van der Waals surface area (Å²) in [5.41, 5.74) is 3.39. The fourth-order valence-corrected chi connectivity index (χ4v) is 4.30. The van der Waals surface area contributed by atoms with Gasteiger partial charge in [0.2, 0.25) is 0 Å². The Balaban J connectivity index is 1.63. The van der Waals surface area contributed by atoms with E-state index in [0.717, 1.165) is 11.1 Å². The van der Waals surface area contributed by atoms with Crippen molar-refractivity contribution in [1.82, 2.24) is 10.2 Å². The first-order chi connectivity index (χ1) is 19.4. The van der Waals surface area contributed by atoms with Crippen LogP contribution in [0.3, 0.4) is 0 Å². The molecule has 4 aromatic rings. The lowest BCUT2D eigenvalue weighted by Gasteiger charge is -2.24. The lowest BCUT2D eigenvalue weighted by Crippen LogP contribution is -2.33. The molecule has 0 unspecified atom stereocenters. The number of hydrogen-bond donors (Lipinski definition) is 2. The largest absolute Gasteiger partial charge is 0.497 e. The van der Waals surface area contributed by atoms with Crippen molar-refractivity contribution in [1.29, 1.82) is 0 Å². The van der Waals surface area contributed by atoms with E-state index in [4.69, 9.17) is 4.74 Å². The summed E-state index contributed by atoms with van der Waals surface area (Å²) in [6.45, 7) is 0.414. The lowest BCUT2D eigenvalue weighted by atomic mass is 9.94. The van der Waals surface area contributed by atoms with Crippen molar-refractivity contribution in [2.24, 2.45) is 0 Å². The zero-order valence-corrected chi connectivity index (χ0v) is 22.0. The van der Waals surface area contributed by atoms with Crippen LogP contribution in [-0.4, -0.2) is 41.4 Å². The van der Waals surface area contributed by atoms with Crippen LogP contribution in [-0.2, 0) is 17.9 Å². The van der Waals surface area contributed by atoms with Crippen molar-refractivity contribution >= 4 is 17.8 Å². The van der Waals surface area contributed by atoms with Crippen molar-refractivity contribution in [2.45, 2.75) is 19.5 Å². The first-order valence-corrected chi connectivity index (χ1v) is 12.7. The zero-order valence-electron chi connectivity index (χ0n) is 22.0. The summed E-state index contributed by atoms with van der Waals surface area (Å²) < 4.78 is 18.4. The third-order valence-electron chi connectivity index (χ3n) is 6.40. The van der Waals surface area contributed by atoms with Crippen LogP contribution in [0.2, 0.25) is 0 Å². The second-order valence-electron chi connectivity index (χ2n) is 9.12. The molecule has 0 saturated carbocycles. The molecule has 2 N–H and O–H groups in total. The summed E-state index contributed by atoms with van der Waals surface area (Å²) in [7, 11) is 1.57. The SMILES string of the molecule is COc1ccc(CN(CCC(=O)O)C(=O)c2ccccc2-c2ccccc2C(=O)NCc2ccc(F)cc2)cc1. The third-order valence-corrected chi connectivity index (χ3v) is 6.40. The molecule has 2 amide bonds. The molecule has 204 valence electrons. The summed E-state index contributed by atoms with van der Waals surface area (Å²) >= 11 is 0. The summed E-state index contributed by atoms with van der Waals surface area (Å²) in [6.07, 6.45) is -0.216. The van der Waals surface area contributed by atoms with Crippen LogP contribution in [0.15, 0.2) is 97.1 Å². The monoisotopic (exact) mass is 540 g/mol. The molecular weight excluding hydrogens is 511 g/mol. The highest BCUT2D eigenvalue weighted by Gasteiger charge is 2.23. The van der Waals surface area contributed by atoms with Gasteiger partial charge in [0.15, 0.2) is 0 Å². The number of benzene rings is 4. The standard InChI is InChI=1S/C32H29FN2O5/c1-40-25-16-12-23(13-17-25)21-35(19-18-30(36)37)32(39)29-9-5-3-7-27(29)26-6-2-4-8-28(26)31(38)34-20-22-10-14-24(33)15-11-22/h2-17H,18-21H2,1H3,(H,34,38)(H,36,37). The summed E-state index contributed by atoms with van der Waals surface area (Å²) in [5.74, 6) is -1.39. The van der Waals surface area contributed by atoms with E-state index in [2.05, 4.69) is 5.32 Å². The minimum atomic E-state index is -1.01. The summed E-state index contributed by atoms with van der Waals surface area (Å²) in [4.78, 5) is 39.9. The Morgan fingerprint density at radius 1 is 0.800 bits per heavy atom. The molecule has 40 heavy (non-hydrogen) atoms. The topological polar surface area (TPSA) is 95.9 Å². The Bertz CT molecular complexity index is 1490. The average Bonchev–Trinajstić information content (AvgIpc) is 2.98. The van der Waals surface area contributed by atoms with Crippen molar-refractivity contribution in [3.63, 3.8) is 0 Å². The Morgan fingerprint density at radius 2 is 1.38 bits per heavy atom. The maximum Gasteiger partial charge on any atom is 0.305 e. The van der Waals surface area contributed by atoms with E-state index in [1.165, 1.54) is 17.0 Å². The molecule has 0 saturated heterocycles. The third kappa shape index (κ3) is 7.11. The van der Waals surface area contributed by atoms with Crippen LogP contribution >= 0.6 is 0 Å². The van der Waals surface area contributed by atoms with Gasteiger partial charge < -0.3 is 20.1 Å². The molecule has 0 spiro atoms. The molecule has 0 heterocycles. The number of ether oxygens (including phenoxy) is 1. The molecule has 0 radical (unpaired) electrons. The maximum absolute atomic E-state index is 13.9. The molecule has 4 aromatic carbocycles. The molecule has 0 aliphatic rings. The second-order valence-corrected chi connectivity index (χ2v) is 9.12. The Labute approximate surface area is 231 Å². The number of methoxy groups -OCH3 is 1. The van der Waals surface area contributed by atoms with Gasteiger partial charge in [0.25, 0.3) is 11.8 Å². The van der Waals surface area contributed by atoms with E-state index in [9.17, 15) is 23.9 Å². The van der Waals surface area contributed by atoms with Gasteiger partial charge in [0, 0.05) is 30.8 Å². The zero-order chi connectivity index (χ0) is 28.5. The lowest BCUT2D eigenvalue weighted by molar-refractivity contribution is -0.137. The first kappa shape index (κ1) is 28.0. The number of carboxylic acids is 1. The van der Waals surface area contributed by atoms with Gasteiger partial charge in [-0.3, -0.25) is 14.4 Å². The number of amides is 2. The van der Waals surface area contributed by atoms with Gasteiger partial charge >= 0.3 is 5.97 Å². The molecule has 0 fully saturated rings. The summed E-state index contributed by atoms with van der Waals surface area (Å²) in [5, 5.41) is 12.2. The van der Waals surface area contributed by atoms with Gasteiger partial charge in [-0.2, -0.15) is 0 Å². The van der Waals surface area contributed by atoms with Gasteiger partial charge in [-0.15, -0.1) is 0 Å². The van der Waals surface area contributed by atoms with E-state index in [1.54, 1.807) is 79.9 Å². The van der Waals surface area contributed by atoms with Crippen LogP contribution in [0, 0.1) is 5.82 Å². The van der Waals surface area contributed by atoms with Crippen molar-refractivity contribution in [3.05, 3.63) is 125 Å². The number of carboxylic acid groups (broad SMARTS) is 1. The predicted octanol–water partition coefficient (Wildman–Crippen LogP) is 5.55. The molecular formula is C32H29FN2O5. The Morgan fingerprint density at radius 3 is 2.00 bits per heavy atom. The minimum absolute atomic E-state index is 0.00827. The quantitative estimate of drug-likeness (QED) is 0.260. The van der Waals surface area contributed by atoms with Crippen LogP contribution in [0.4, 0.5) is 4.39 Å². The predicted molar refractivity (Wildman–Crippen MR) is 149 cm³/mol. The molecule has 8 heteroatoms. The number of rotatable bonds is 11. The van der Waals surface area contributed by atoms with Crippen molar-refractivity contribution < 1.29 is 28.6 Å². The first-order valence-electron chi connectivity index (χ1n) is 12.7. The number of hydrogen-bond acceptors (Lipinski definition) is 4. The molecule has 0 bridgehead atoms. The number of aliphatic carboxylic acids is 1. The van der Waals surface area contributed by atoms with E-state index < -0.39 is 5.97 Å². The fourth-order valence-electron chi connectivity index (χ4n) is 4.30. The number of nitrogens with one attached hydrogen (secondary N) is 1. The van der Waals surface area contributed by atoms with E-state index in [1.807, 2.05) is 12.1 Å². The maximum atomic E-state index is 13.9. The Kier molecular flexibility index (Phi) is 9.25. The van der Waals surface area contributed by atoms with E-state index in [0.29, 0.717) is 28.0 Å². The molecule has 0 aromatic heterocycles. The molecule has 0 aliphatic carbocycles. The normalized spacial score (nSPS) is 10.6. The van der Waals surface area contributed by atoms with Gasteiger partial charge in [0.05, 0.1) is 13.5 Å². The highest BCUT2D eigenvalue weighted by atomic mass is 19.1. The van der Waals surface area contributed by atoms with Crippen molar-refractivity contribution in [2.75, 3.05) is 13.7 Å². The highest BCUT2D eigenvalue weighted by molar-refractivity contribution is 6.06. The summed E-state index contributed by atoms with van der Waals surface area (Å²) in [6, 6.07) is 27.0. The minimum Gasteiger partial charge on any atom is -0.497 e.